The fourth-order valence-electron chi connectivity index (χ4n) is 3.74. The molecular weight excluding hydrogens is 319 g/mol. The van der Waals surface area contributed by atoms with Crippen molar-refractivity contribution in [3.63, 3.8) is 0 Å². The molecule has 0 aliphatic carbocycles. The van der Waals surface area contributed by atoms with Crippen molar-refractivity contribution >= 4 is 11.7 Å². The van der Waals surface area contributed by atoms with Crippen molar-refractivity contribution in [3.8, 4) is 0 Å². The van der Waals surface area contributed by atoms with E-state index in [1.54, 1.807) is 12.1 Å². The number of amides is 2. The van der Waals surface area contributed by atoms with Crippen LogP contribution in [0.2, 0.25) is 0 Å². The molecule has 3 rings (SSSR count). The van der Waals surface area contributed by atoms with E-state index < -0.39 is 0 Å². The quantitative estimate of drug-likeness (QED) is 0.908. The first-order valence-corrected chi connectivity index (χ1v) is 9.37. The molecule has 0 spiro atoms. The van der Waals surface area contributed by atoms with E-state index in [4.69, 9.17) is 0 Å². The first-order valence-electron chi connectivity index (χ1n) is 9.37. The predicted molar refractivity (Wildman–Crippen MR) is 98.4 cm³/mol. The molecular formula is C19H29FN4O. The minimum absolute atomic E-state index is 0.0313. The van der Waals surface area contributed by atoms with Gasteiger partial charge in [-0.3, -0.25) is 0 Å². The molecule has 0 saturated carbocycles. The normalized spacial score (nSPS) is 22.1. The Hall–Kier alpha value is -1.82. The van der Waals surface area contributed by atoms with Crippen molar-refractivity contribution in [3.05, 3.63) is 30.1 Å². The molecule has 25 heavy (non-hydrogen) atoms. The SMILES string of the molecule is CC1CCCN(CCNC(=O)N2CCN(c3ccc(F)cc3)CC2)C1. The molecule has 2 saturated heterocycles. The molecule has 2 fully saturated rings. The zero-order valence-electron chi connectivity index (χ0n) is 15.1. The predicted octanol–water partition coefficient (Wildman–Crippen LogP) is 2.39. The van der Waals surface area contributed by atoms with Gasteiger partial charge in [0, 0.05) is 51.5 Å². The van der Waals surface area contributed by atoms with Gasteiger partial charge < -0.3 is 20.0 Å². The number of hydrogen-bond donors (Lipinski definition) is 1. The van der Waals surface area contributed by atoms with Crippen molar-refractivity contribution in [2.75, 3.05) is 57.3 Å². The van der Waals surface area contributed by atoms with Crippen LogP contribution in [0.5, 0.6) is 0 Å². The molecule has 1 aromatic carbocycles. The first kappa shape index (κ1) is 18.0. The topological polar surface area (TPSA) is 38.8 Å². The number of nitrogens with zero attached hydrogens (tertiary/aromatic N) is 3. The smallest absolute Gasteiger partial charge is 0.317 e. The van der Waals surface area contributed by atoms with E-state index in [1.165, 1.54) is 25.0 Å². The summed E-state index contributed by atoms with van der Waals surface area (Å²) in [6.07, 6.45) is 2.58. The summed E-state index contributed by atoms with van der Waals surface area (Å²) < 4.78 is 13.0. The van der Waals surface area contributed by atoms with Crippen LogP contribution in [0.1, 0.15) is 19.8 Å². The molecule has 0 bridgehead atoms. The third kappa shape index (κ3) is 5.08. The maximum Gasteiger partial charge on any atom is 0.317 e. The number of anilines is 1. The van der Waals surface area contributed by atoms with E-state index in [0.717, 1.165) is 44.3 Å². The van der Waals surface area contributed by atoms with Crippen molar-refractivity contribution < 1.29 is 9.18 Å². The Kier molecular flexibility index (Phi) is 6.13. The number of rotatable bonds is 4. The van der Waals surface area contributed by atoms with Crippen LogP contribution >= 0.6 is 0 Å². The number of urea groups is 1. The summed E-state index contributed by atoms with van der Waals surface area (Å²) in [5.74, 6) is 0.550. The molecule has 5 nitrogen and oxygen atoms in total. The number of halogens is 1. The summed E-state index contributed by atoms with van der Waals surface area (Å²) in [6, 6.07) is 6.59. The molecule has 1 aromatic rings. The van der Waals surface area contributed by atoms with Gasteiger partial charge in [-0.2, -0.15) is 0 Å². The second kappa shape index (κ2) is 8.52. The number of piperazine rings is 1. The molecule has 2 aliphatic rings. The van der Waals surface area contributed by atoms with Gasteiger partial charge in [-0.05, 0) is 49.6 Å². The Bertz CT molecular complexity index is 557. The maximum absolute atomic E-state index is 13.0. The van der Waals surface area contributed by atoms with Crippen LogP contribution in [-0.4, -0.2) is 68.2 Å². The number of carbonyl (C=O) groups is 1. The third-order valence-electron chi connectivity index (χ3n) is 5.20. The summed E-state index contributed by atoms with van der Waals surface area (Å²) in [4.78, 5) is 18.8. The Morgan fingerprint density at radius 1 is 1.16 bits per heavy atom. The highest BCUT2D eigenvalue weighted by Gasteiger charge is 2.21. The van der Waals surface area contributed by atoms with E-state index in [9.17, 15) is 9.18 Å². The number of likely N-dealkylation sites (tertiary alicyclic amines) is 1. The second-order valence-electron chi connectivity index (χ2n) is 7.23. The maximum atomic E-state index is 13.0. The molecule has 1 unspecified atom stereocenters. The van der Waals surface area contributed by atoms with E-state index in [1.807, 2.05) is 4.90 Å². The van der Waals surface area contributed by atoms with Crippen LogP contribution in [0.15, 0.2) is 24.3 Å². The minimum atomic E-state index is -0.218. The van der Waals surface area contributed by atoms with Crippen LogP contribution in [0.25, 0.3) is 0 Å². The van der Waals surface area contributed by atoms with Gasteiger partial charge in [0.05, 0.1) is 0 Å². The van der Waals surface area contributed by atoms with Gasteiger partial charge in [-0.1, -0.05) is 6.92 Å². The summed E-state index contributed by atoms with van der Waals surface area (Å²) in [5.41, 5.74) is 1.01. The van der Waals surface area contributed by atoms with Crippen LogP contribution in [0.3, 0.4) is 0 Å². The molecule has 0 aromatic heterocycles. The van der Waals surface area contributed by atoms with Crippen LogP contribution in [0, 0.1) is 11.7 Å². The lowest BCUT2D eigenvalue weighted by Gasteiger charge is -2.36. The fraction of sp³-hybridized carbons (Fsp3) is 0.632. The minimum Gasteiger partial charge on any atom is -0.368 e. The van der Waals surface area contributed by atoms with Crippen LogP contribution < -0.4 is 10.2 Å². The first-order chi connectivity index (χ1) is 12.1. The second-order valence-corrected chi connectivity index (χ2v) is 7.23. The van der Waals surface area contributed by atoms with E-state index in [0.29, 0.717) is 19.6 Å². The lowest BCUT2D eigenvalue weighted by Crippen LogP contribution is -2.52. The highest BCUT2D eigenvalue weighted by molar-refractivity contribution is 5.74. The lowest BCUT2D eigenvalue weighted by atomic mass is 10.0. The lowest BCUT2D eigenvalue weighted by molar-refractivity contribution is 0.175. The van der Waals surface area contributed by atoms with Gasteiger partial charge in [0.2, 0.25) is 0 Å². The Balaban J connectivity index is 1.37. The molecule has 6 heteroatoms. The monoisotopic (exact) mass is 348 g/mol. The summed E-state index contributed by atoms with van der Waals surface area (Å²) in [7, 11) is 0. The fourth-order valence-corrected chi connectivity index (χ4v) is 3.74. The molecule has 1 N–H and O–H groups in total. The van der Waals surface area contributed by atoms with Gasteiger partial charge >= 0.3 is 6.03 Å². The Morgan fingerprint density at radius 3 is 2.56 bits per heavy atom. The van der Waals surface area contributed by atoms with Crippen LogP contribution in [0.4, 0.5) is 14.9 Å². The molecule has 2 amide bonds. The van der Waals surface area contributed by atoms with Gasteiger partial charge in [-0.15, -0.1) is 0 Å². The molecule has 1 atom stereocenters. The average Bonchev–Trinajstić information content (AvgIpc) is 2.62. The summed E-state index contributed by atoms with van der Waals surface area (Å²) >= 11 is 0. The zero-order chi connectivity index (χ0) is 17.6. The van der Waals surface area contributed by atoms with Gasteiger partial charge in [-0.25, -0.2) is 9.18 Å². The van der Waals surface area contributed by atoms with E-state index in [2.05, 4.69) is 22.0 Å². The largest absolute Gasteiger partial charge is 0.368 e. The molecule has 0 radical (unpaired) electrons. The Morgan fingerprint density at radius 2 is 1.88 bits per heavy atom. The van der Waals surface area contributed by atoms with Crippen molar-refractivity contribution in [1.82, 2.24) is 15.1 Å². The number of carbonyl (C=O) groups excluding carboxylic acids is 1. The number of piperidine rings is 1. The molecule has 138 valence electrons. The van der Waals surface area contributed by atoms with E-state index in [-0.39, 0.29) is 11.8 Å². The summed E-state index contributed by atoms with van der Waals surface area (Å²) in [5, 5.41) is 3.05. The van der Waals surface area contributed by atoms with Crippen molar-refractivity contribution in [2.45, 2.75) is 19.8 Å². The molecule has 2 aliphatic heterocycles. The average molecular weight is 348 g/mol. The summed E-state index contributed by atoms with van der Waals surface area (Å²) in [6.45, 7) is 9.20. The van der Waals surface area contributed by atoms with Crippen molar-refractivity contribution in [1.29, 1.82) is 0 Å². The highest BCUT2D eigenvalue weighted by atomic mass is 19.1. The number of benzene rings is 1. The standard InChI is InChI=1S/C19H29FN4O/c1-16-3-2-9-22(15-16)10-8-21-19(25)24-13-11-23(12-14-24)18-6-4-17(20)5-7-18/h4-7,16H,2-3,8-15H2,1H3,(H,21,25). The zero-order valence-corrected chi connectivity index (χ0v) is 15.1. The van der Waals surface area contributed by atoms with E-state index >= 15 is 0 Å². The van der Waals surface area contributed by atoms with Crippen LogP contribution in [-0.2, 0) is 0 Å². The van der Waals surface area contributed by atoms with Gasteiger partial charge in [0.1, 0.15) is 5.82 Å². The van der Waals surface area contributed by atoms with Gasteiger partial charge in [0.25, 0.3) is 0 Å². The van der Waals surface area contributed by atoms with Crippen molar-refractivity contribution in [2.24, 2.45) is 5.92 Å². The Labute approximate surface area is 149 Å². The number of hydrogen-bond acceptors (Lipinski definition) is 3. The highest BCUT2D eigenvalue weighted by Crippen LogP contribution is 2.17. The molecule has 2 heterocycles. The number of nitrogens with one attached hydrogen (secondary N) is 1. The van der Waals surface area contributed by atoms with Gasteiger partial charge in [0.15, 0.2) is 0 Å². The third-order valence-corrected chi connectivity index (χ3v) is 5.20.